The first-order chi connectivity index (χ1) is 8.94. The Kier molecular flexibility index (Phi) is 4.10. The van der Waals surface area contributed by atoms with E-state index in [0.717, 1.165) is 15.5 Å². The van der Waals surface area contributed by atoms with E-state index < -0.39 is 12.0 Å². The Morgan fingerprint density at radius 1 is 1.53 bits per heavy atom. The highest BCUT2D eigenvalue weighted by Crippen LogP contribution is 2.30. The molecule has 2 unspecified atom stereocenters. The summed E-state index contributed by atoms with van der Waals surface area (Å²) in [5.41, 5.74) is -0.164. The maximum Gasteiger partial charge on any atom is 0.218 e. The second-order valence-corrected chi connectivity index (χ2v) is 5.81. The largest absolute Gasteiger partial charge is 0.333 e. The number of aldehydes is 1. The lowest BCUT2D eigenvalue weighted by Gasteiger charge is -2.29. The maximum atomic E-state index is 11.3. The molecule has 1 aliphatic rings. The highest BCUT2D eigenvalue weighted by molar-refractivity contribution is 14.1. The zero-order valence-electron chi connectivity index (χ0n) is 10.7. The van der Waals surface area contributed by atoms with Crippen molar-refractivity contribution in [1.82, 2.24) is 5.32 Å². The van der Waals surface area contributed by atoms with Gasteiger partial charge in [-0.1, -0.05) is 0 Å². The second-order valence-electron chi connectivity index (χ2n) is 4.57. The number of carbonyl (C=O) groups is 2. The molecule has 1 fully saturated rings. The van der Waals surface area contributed by atoms with Gasteiger partial charge in [-0.25, -0.2) is 0 Å². The van der Waals surface area contributed by atoms with Crippen LogP contribution in [0.3, 0.4) is 0 Å². The Morgan fingerprint density at radius 2 is 2.16 bits per heavy atom. The molecule has 2 rings (SSSR count). The minimum absolute atomic E-state index is 0.178. The molecule has 0 spiro atoms. The number of rotatable bonds is 3. The molecular weight excluding hydrogens is 359 g/mol. The summed E-state index contributed by atoms with van der Waals surface area (Å²) >= 11 is 2.22. The number of benzene rings is 1. The zero-order chi connectivity index (χ0) is 14.0. The van der Waals surface area contributed by atoms with Gasteiger partial charge >= 0.3 is 0 Å². The Morgan fingerprint density at radius 3 is 2.68 bits per heavy atom. The van der Waals surface area contributed by atoms with Gasteiger partial charge in [0, 0.05) is 16.2 Å². The summed E-state index contributed by atoms with van der Waals surface area (Å²) in [5.74, 6) is -0.178. The van der Waals surface area contributed by atoms with Crippen LogP contribution < -0.4 is 10.2 Å². The van der Waals surface area contributed by atoms with Crippen molar-refractivity contribution in [3.63, 3.8) is 0 Å². The number of amides is 1. The van der Waals surface area contributed by atoms with Crippen molar-refractivity contribution in [2.75, 3.05) is 11.4 Å². The van der Waals surface area contributed by atoms with E-state index in [1.165, 1.54) is 6.92 Å². The van der Waals surface area contributed by atoms with Crippen LogP contribution in [-0.4, -0.2) is 30.7 Å². The van der Waals surface area contributed by atoms with Crippen molar-refractivity contribution >= 4 is 40.5 Å². The Balaban J connectivity index is 2.25. The minimum atomic E-state index is -1.06. The number of hydrogen-bond acceptors (Lipinski definition) is 4. The van der Waals surface area contributed by atoms with Crippen LogP contribution in [0.1, 0.15) is 13.8 Å². The van der Waals surface area contributed by atoms with Crippen LogP contribution in [0.2, 0.25) is 0 Å². The number of hydrogen-bond donors (Lipinski definition) is 1. The van der Waals surface area contributed by atoms with Crippen LogP contribution in [0.25, 0.3) is 0 Å². The molecule has 19 heavy (non-hydrogen) atoms. The number of carbonyl (C=O) groups excluding carboxylic acids is 2. The van der Waals surface area contributed by atoms with Crippen LogP contribution in [0.5, 0.6) is 0 Å². The van der Waals surface area contributed by atoms with Gasteiger partial charge in [-0.2, -0.15) is 0 Å². The standard InChI is InChI=1S/C13H15IN2O3/c1-9(18)15-12-7-16(13(2,8-17)19-12)11-5-3-10(14)4-6-11/h3-6,8,12H,7H2,1-2H3,(H,15,18). The second kappa shape index (κ2) is 5.46. The van der Waals surface area contributed by atoms with Crippen LogP contribution in [0.15, 0.2) is 24.3 Å². The van der Waals surface area contributed by atoms with Gasteiger partial charge in [-0.05, 0) is 53.8 Å². The van der Waals surface area contributed by atoms with E-state index in [-0.39, 0.29) is 5.91 Å². The van der Waals surface area contributed by atoms with Crippen molar-refractivity contribution < 1.29 is 14.3 Å². The van der Waals surface area contributed by atoms with Crippen LogP contribution in [0.4, 0.5) is 5.69 Å². The molecule has 1 aromatic rings. The summed E-state index contributed by atoms with van der Waals surface area (Å²) in [6.07, 6.45) is 0.277. The van der Waals surface area contributed by atoms with Gasteiger partial charge in [0.1, 0.15) is 0 Å². The molecule has 0 aliphatic carbocycles. The molecule has 102 valence electrons. The fraction of sp³-hybridized carbons (Fsp3) is 0.385. The van der Waals surface area contributed by atoms with E-state index in [9.17, 15) is 9.59 Å². The lowest BCUT2D eigenvalue weighted by molar-refractivity contribution is -0.133. The normalized spacial score (nSPS) is 26.3. The molecule has 1 aliphatic heterocycles. The molecule has 2 atom stereocenters. The summed E-state index contributed by atoms with van der Waals surface area (Å²) in [6, 6.07) is 7.80. The highest BCUT2D eigenvalue weighted by atomic mass is 127. The zero-order valence-corrected chi connectivity index (χ0v) is 12.9. The molecule has 6 heteroatoms. The van der Waals surface area contributed by atoms with Crippen LogP contribution in [0, 0.1) is 3.57 Å². The number of anilines is 1. The first-order valence-electron chi connectivity index (χ1n) is 5.89. The predicted molar refractivity (Wildman–Crippen MR) is 79.7 cm³/mol. The van der Waals surface area contributed by atoms with E-state index >= 15 is 0 Å². The van der Waals surface area contributed by atoms with Crippen molar-refractivity contribution in [2.24, 2.45) is 0 Å². The van der Waals surface area contributed by atoms with E-state index in [1.807, 2.05) is 29.2 Å². The first kappa shape index (κ1) is 14.3. The minimum Gasteiger partial charge on any atom is -0.333 e. The summed E-state index contributed by atoms with van der Waals surface area (Å²) < 4.78 is 6.75. The average molecular weight is 374 g/mol. The lowest BCUT2D eigenvalue weighted by Crippen LogP contribution is -2.43. The van der Waals surface area contributed by atoms with Gasteiger partial charge in [0.15, 0.2) is 18.2 Å². The smallest absolute Gasteiger partial charge is 0.218 e. The molecule has 0 radical (unpaired) electrons. The van der Waals surface area contributed by atoms with Crippen molar-refractivity contribution in [3.8, 4) is 0 Å². The average Bonchev–Trinajstić information content (AvgIpc) is 2.67. The van der Waals surface area contributed by atoms with E-state index in [4.69, 9.17) is 4.74 Å². The quantitative estimate of drug-likeness (QED) is 0.644. The molecule has 1 N–H and O–H groups in total. The van der Waals surface area contributed by atoms with Crippen LogP contribution in [-0.2, 0) is 14.3 Å². The molecule has 1 amide bonds. The lowest BCUT2D eigenvalue weighted by atomic mass is 10.2. The topological polar surface area (TPSA) is 58.6 Å². The SMILES string of the molecule is CC(=O)NC1CN(c2ccc(I)cc2)C(C)(C=O)O1. The third-order valence-corrected chi connectivity index (χ3v) is 3.71. The highest BCUT2D eigenvalue weighted by Gasteiger charge is 2.43. The Hall–Kier alpha value is -1.15. The fourth-order valence-corrected chi connectivity index (χ4v) is 2.47. The fourth-order valence-electron chi connectivity index (χ4n) is 2.11. The molecule has 0 bridgehead atoms. The van der Waals surface area contributed by atoms with Gasteiger partial charge in [0.05, 0.1) is 6.54 Å². The monoisotopic (exact) mass is 374 g/mol. The third kappa shape index (κ3) is 3.06. The summed E-state index contributed by atoms with van der Waals surface area (Å²) in [6.45, 7) is 3.56. The number of nitrogens with zero attached hydrogens (tertiary/aromatic N) is 1. The van der Waals surface area contributed by atoms with Gasteiger partial charge in [-0.3, -0.25) is 9.59 Å². The molecule has 1 aromatic carbocycles. The molecule has 5 nitrogen and oxygen atoms in total. The molecular formula is C13H15IN2O3. The molecule has 1 saturated heterocycles. The molecule has 1 heterocycles. The maximum absolute atomic E-state index is 11.3. The number of ether oxygens (including phenoxy) is 1. The number of halogens is 1. The van der Waals surface area contributed by atoms with E-state index in [1.54, 1.807) is 6.92 Å². The van der Waals surface area contributed by atoms with Gasteiger partial charge in [-0.15, -0.1) is 0 Å². The third-order valence-electron chi connectivity index (χ3n) is 2.99. The molecule has 0 saturated carbocycles. The van der Waals surface area contributed by atoms with Gasteiger partial charge in [0.25, 0.3) is 0 Å². The van der Waals surface area contributed by atoms with Crippen molar-refractivity contribution in [3.05, 3.63) is 27.8 Å². The van der Waals surface area contributed by atoms with Crippen LogP contribution >= 0.6 is 22.6 Å². The van der Waals surface area contributed by atoms with Gasteiger partial charge < -0.3 is 15.0 Å². The Labute approximate surface area is 125 Å². The Bertz CT molecular complexity index is 491. The van der Waals surface area contributed by atoms with E-state index in [2.05, 4.69) is 27.9 Å². The van der Waals surface area contributed by atoms with Crippen molar-refractivity contribution in [2.45, 2.75) is 25.8 Å². The summed E-state index contributed by atoms with van der Waals surface area (Å²) in [7, 11) is 0. The van der Waals surface area contributed by atoms with Gasteiger partial charge in [0.2, 0.25) is 5.91 Å². The molecule has 0 aromatic heterocycles. The summed E-state index contributed by atoms with van der Waals surface area (Å²) in [4.78, 5) is 24.3. The first-order valence-corrected chi connectivity index (χ1v) is 6.97. The summed E-state index contributed by atoms with van der Waals surface area (Å²) in [5, 5.41) is 2.68. The van der Waals surface area contributed by atoms with E-state index in [0.29, 0.717) is 6.54 Å². The predicted octanol–water partition coefficient (Wildman–Crippen LogP) is 1.51. The number of nitrogens with one attached hydrogen (secondary N) is 1. The van der Waals surface area contributed by atoms with Crippen molar-refractivity contribution in [1.29, 1.82) is 0 Å².